The molecule has 19 heavy (non-hydrogen) atoms. The molecule has 3 aliphatic rings. The van der Waals surface area contributed by atoms with Crippen LogP contribution >= 0.6 is 0 Å². The summed E-state index contributed by atoms with van der Waals surface area (Å²) in [5, 5.41) is 3.80. The van der Waals surface area contributed by atoms with Crippen LogP contribution in [0.2, 0.25) is 0 Å². The predicted molar refractivity (Wildman–Crippen MR) is 78.4 cm³/mol. The zero-order chi connectivity index (χ0) is 13.3. The third-order valence-corrected chi connectivity index (χ3v) is 5.45. The molecule has 3 fully saturated rings. The quantitative estimate of drug-likeness (QED) is 0.827. The maximum atomic E-state index is 5.88. The van der Waals surface area contributed by atoms with E-state index in [2.05, 4.69) is 24.1 Å². The highest BCUT2D eigenvalue weighted by atomic mass is 16.5. The van der Waals surface area contributed by atoms with Crippen LogP contribution in [0.25, 0.3) is 0 Å². The van der Waals surface area contributed by atoms with E-state index < -0.39 is 0 Å². The molecule has 0 spiro atoms. The Balaban J connectivity index is 1.65. The van der Waals surface area contributed by atoms with Crippen molar-refractivity contribution in [3.05, 3.63) is 0 Å². The van der Waals surface area contributed by atoms with Crippen molar-refractivity contribution in [1.29, 1.82) is 0 Å². The van der Waals surface area contributed by atoms with E-state index in [1.165, 1.54) is 51.6 Å². The topological polar surface area (TPSA) is 24.5 Å². The lowest BCUT2D eigenvalue weighted by Crippen LogP contribution is -2.65. The second-order valence-corrected chi connectivity index (χ2v) is 7.04. The van der Waals surface area contributed by atoms with Gasteiger partial charge in [0.1, 0.15) is 0 Å². The van der Waals surface area contributed by atoms with Gasteiger partial charge >= 0.3 is 0 Å². The monoisotopic (exact) mass is 266 g/mol. The molecule has 3 unspecified atom stereocenters. The fourth-order valence-electron chi connectivity index (χ4n) is 3.97. The molecule has 2 heterocycles. The highest BCUT2D eigenvalue weighted by Crippen LogP contribution is 2.44. The van der Waals surface area contributed by atoms with Gasteiger partial charge in [0.15, 0.2) is 0 Å². The SMILES string of the molecule is CCCC1CN(CC2CCCO2)C(C)(C2CC2)CN1. The number of rotatable bonds is 5. The summed E-state index contributed by atoms with van der Waals surface area (Å²) in [5.74, 6) is 0.920. The Morgan fingerprint density at radius 3 is 2.79 bits per heavy atom. The third kappa shape index (κ3) is 2.98. The molecule has 3 heteroatoms. The van der Waals surface area contributed by atoms with Gasteiger partial charge in [0, 0.05) is 37.8 Å². The van der Waals surface area contributed by atoms with Crippen LogP contribution < -0.4 is 5.32 Å². The standard InChI is InChI=1S/C16H30N2O/c1-3-5-14-10-18(11-15-6-4-9-19-15)16(2,12-17-14)13-7-8-13/h13-15,17H,3-12H2,1-2H3. The minimum Gasteiger partial charge on any atom is -0.377 e. The first kappa shape index (κ1) is 13.8. The molecule has 0 aromatic carbocycles. The molecular weight excluding hydrogens is 236 g/mol. The lowest BCUT2D eigenvalue weighted by Gasteiger charge is -2.49. The Bertz CT molecular complexity index is 299. The summed E-state index contributed by atoms with van der Waals surface area (Å²) in [6, 6.07) is 0.693. The van der Waals surface area contributed by atoms with Crippen LogP contribution in [0.3, 0.4) is 0 Å². The van der Waals surface area contributed by atoms with Crippen LogP contribution in [0, 0.1) is 5.92 Å². The summed E-state index contributed by atoms with van der Waals surface area (Å²) >= 11 is 0. The average molecular weight is 266 g/mol. The molecule has 1 aliphatic carbocycles. The molecule has 0 aromatic heterocycles. The van der Waals surface area contributed by atoms with Crippen LogP contribution in [-0.2, 0) is 4.74 Å². The third-order valence-electron chi connectivity index (χ3n) is 5.45. The van der Waals surface area contributed by atoms with E-state index in [4.69, 9.17) is 4.74 Å². The van der Waals surface area contributed by atoms with Crippen molar-refractivity contribution in [2.45, 2.75) is 70.1 Å². The van der Waals surface area contributed by atoms with Gasteiger partial charge in [-0.2, -0.15) is 0 Å². The van der Waals surface area contributed by atoms with Crippen molar-refractivity contribution >= 4 is 0 Å². The Labute approximate surface area is 118 Å². The summed E-state index contributed by atoms with van der Waals surface area (Å²) in [6.45, 7) is 9.31. The normalized spacial score (nSPS) is 40.7. The van der Waals surface area contributed by atoms with Gasteiger partial charge in [0.25, 0.3) is 0 Å². The van der Waals surface area contributed by atoms with E-state index >= 15 is 0 Å². The molecule has 3 nitrogen and oxygen atoms in total. The molecular formula is C16H30N2O. The van der Waals surface area contributed by atoms with Gasteiger partial charge in [0.2, 0.25) is 0 Å². The van der Waals surface area contributed by atoms with E-state index in [9.17, 15) is 0 Å². The van der Waals surface area contributed by atoms with E-state index in [1.807, 2.05) is 0 Å². The second kappa shape index (κ2) is 5.71. The van der Waals surface area contributed by atoms with Crippen molar-refractivity contribution in [3.63, 3.8) is 0 Å². The predicted octanol–water partition coefficient (Wildman–Crippen LogP) is 2.41. The molecule has 0 bridgehead atoms. The Kier molecular flexibility index (Phi) is 4.16. The van der Waals surface area contributed by atoms with Crippen LogP contribution in [0.4, 0.5) is 0 Å². The first-order valence-electron chi connectivity index (χ1n) is 8.32. The lowest BCUT2D eigenvalue weighted by molar-refractivity contribution is -0.0116. The Morgan fingerprint density at radius 1 is 1.32 bits per heavy atom. The van der Waals surface area contributed by atoms with Gasteiger partial charge in [0.05, 0.1) is 6.10 Å². The number of nitrogens with one attached hydrogen (secondary N) is 1. The van der Waals surface area contributed by atoms with Crippen LogP contribution in [0.1, 0.15) is 52.4 Å². The Morgan fingerprint density at radius 2 is 2.16 bits per heavy atom. The molecule has 2 saturated heterocycles. The molecule has 0 amide bonds. The van der Waals surface area contributed by atoms with Crippen molar-refractivity contribution < 1.29 is 4.74 Å². The minimum atomic E-state index is 0.385. The number of hydrogen-bond acceptors (Lipinski definition) is 3. The van der Waals surface area contributed by atoms with Gasteiger partial charge in [-0.3, -0.25) is 4.90 Å². The largest absolute Gasteiger partial charge is 0.377 e. The molecule has 1 N–H and O–H groups in total. The highest BCUT2D eigenvalue weighted by molar-refractivity contribution is 5.05. The van der Waals surface area contributed by atoms with E-state index in [1.54, 1.807) is 0 Å². The summed E-state index contributed by atoms with van der Waals surface area (Å²) < 4.78 is 5.88. The molecule has 0 aromatic rings. The maximum Gasteiger partial charge on any atom is 0.0703 e. The average Bonchev–Trinajstić information content (AvgIpc) is 3.14. The molecule has 110 valence electrons. The van der Waals surface area contributed by atoms with Crippen molar-refractivity contribution in [2.75, 3.05) is 26.2 Å². The zero-order valence-corrected chi connectivity index (χ0v) is 12.7. The summed E-state index contributed by atoms with van der Waals surface area (Å²) in [5.41, 5.74) is 0.385. The lowest BCUT2D eigenvalue weighted by atomic mass is 9.88. The Hall–Kier alpha value is -0.120. The van der Waals surface area contributed by atoms with Crippen LogP contribution in [0.5, 0.6) is 0 Å². The smallest absolute Gasteiger partial charge is 0.0703 e. The van der Waals surface area contributed by atoms with Crippen LogP contribution in [-0.4, -0.2) is 48.8 Å². The molecule has 2 aliphatic heterocycles. The summed E-state index contributed by atoms with van der Waals surface area (Å²) in [6.07, 6.45) is 8.47. The summed E-state index contributed by atoms with van der Waals surface area (Å²) in [4.78, 5) is 2.78. The number of ether oxygens (including phenoxy) is 1. The molecule has 3 atom stereocenters. The minimum absolute atomic E-state index is 0.385. The number of hydrogen-bond donors (Lipinski definition) is 1. The van der Waals surface area contributed by atoms with E-state index in [0.29, 0.717) is 17.7 Å². The van der Waals surface area contributed by atoms with E-state index in [0.717, 1.165) is 19.1 Å². The molecule has 1 saturated carbocycles. The number of piperazine rings is 1. The summed E-state index contributed by atoms with van der Waals surface area (Å²) in [7, 11) is 0. The van der Waals surface area contributed by atoms with Crippen LogP contribution in [0.15, 0.2) is 0 Å². The van der Waals surface area contributed by atoms with Crippen molar-refractivity contribution in [1.82, 2.24) is 10.2 Å². The van der Waals surface area contributed by atoms with Gasteiger partial charge in [-0.25, -0.2) is 0 Å². The van der Waals surface area contributed by atoms with Gasteiger partial charge in [-0.05, 0) is 44.9 Å². The fraction of sp³-hybridized carbons (Fsp3) is 1.00. The highest BCUT2D eigenvalue weighted by Gasteiger charge is 2.48. The second-order valence-electron chi connectivity index (χ2n) is 7.04. The molecule has 0 radical (unpaired) electrons. The first-order chi connectivity index (χ1) is 9.22. The fourth-order valence-corrected chi connectivity index (χ4v) is 3.97. The number of nitrogens with zero attached hydrogens (tertiary/aromatic N) is 1. The zero-order valence-electron chi connectivity index (χ0n) is 12.7. The van der Waals surface area contributed by atoms with E-state index in [-0.39, 0.29) is 0 Å². The van der Waals surface area contributed by atoms with Gasteiger partial charge in [-0.15, -0.1) is 0 Å². The first-order valence-corrected chi connectivity index (χ1v) is 8.32. The maximum absolute atomic E-state index is 5.88. The van der Waals surface area contributed by atoms with Gasteiger partial charge in [-0.1, -0.05) is 13.3 Å². The molecule has 3 rings (SSSR count). The van der Waals surface area contributed by atoms with Crippen molar-refractivity contribution in [2.24, 2.45) is 5.92 Å². The van der Waals surface area contributed by atoms with Gasteiger partial charge < -0.3 is 10.1 Å². The van der Waals surface area contributed by atoms with Crippen molar-refractivity contribution in [3.8, 4) is 0 Å².